The van der Waals surface area contributed by atoms with Gasteiger partial charge in [-0.3, -0.25) is 9.59 Å². The molecule has 2 aliphatic carbocycles. The van der Waals surface area contributed by atoms with E-state index in [0.717, 1.165) is 62.8 Å². The molecule has 0 bridgehead atoms. The maximum Gasteiger partial charge on any atom is 0.640 e. The third kappa shape index (κ3) is 6.64. The summed E-state index contributed by atoms with van der Waals surface area (Å²) in [5.41, 5.74) is 2.61. The van der Waals surface area contributed by atoms with Gasteiger partial charge in [-0.05, 0) is 68.6 Å². The first-order valence-corrected chi connectivity index (χ1v) is 10.9. The van der Waals surface area contributed by atoms with Crippen LogP contribution in [0.5, 0.6) is 0 Å². The van der Waals surface area contributed by atoms with E-state index in [-0.39, 0.29) is 6.03 Å². The minimum Gasteiger partial charge on any atom is -0.265 e. The van der Waals surface area contributed by atoms with E-state index < -0.39 is 22.1 Å². The van der Waals surface area contributed by atoms with Crippen LogP contribution in [0.1, 0.15) is 72.1 Å². The van der Waals surface area contributed by atoms with Gasteiger partial charge >= 0.3 is 17.8 Å². The van der Waals surface area contributed by atoms with Crippen LogP contribution in [-0.2, 0) is 4.99 Å². The summed E-state index contributed by atoms with van der Waals surface area (Å²) in [6.45, 7) is 0. The second-order valence-electron chi connectivity index (χ2n) is 7.04. The molecule has 4 amide bonds. The molecule has 0 aromatic heterocycles. The molecule has 0 N–H and O–H groups in total. The molecule has 12 heteroatoms. The van der Waals surface area contributed by atoms with Gasteiger partial charge in [-0.25, -0.2) is 18.6 Å². The molecule has 1 aromatic carbocycles. The summed E-state index contributed by atoms with van der Waals surface area (Å²) in [4.78, 5) is 38.6. The fourth-order valence-corrected chi connectivity index (χ4v) is 3.43. The monoisotopic (exact) mass is 453 g/mol. The van der Waals surface area contributed by atoms with E-state index in [1.54, 1.807) is 24.3 Å². The van der Waals surface area contributed by atoms with Gasteiger partial charge in [0.2, 0.25) is 0 Å². The number of carbonyl (C=O) groups is 2. The number of nitrogens with zero attached hydrogens (tertiary/aromatic N) is 3. The molecular weight excluding hydrogens is 434 g/mol. The molecule has 0 atom stereocenters. The zero-order valence-electron chi connectivity index (χ0n) is 16.5. The average molecular weight is 454 g/mol. The summed E-state index contributed by atoms with van der Waals surface area (Å²) in [5.74, 6) is -1.10. The predicted molar refractivity (Wildman–Crippen MR) is 95.2 cm³/mol. The van der Waals surface area contributed by atoms with Gasteiger partial charge in [0.1, 0.15) is 4.58 Å². The quantitative estimate of drug-likeness (QED) is 0.240. The van der Waals surface area contributed by atoms with Crippen LogP contribution in [0.15, 0.2) is 34.3 Å². The lowest BCUT2D eigenvalue weighted by Crippen LogP contribution is -2.68. The van der Waals surface area contributed by atoms with Gasteiger partial charge in [-0.15, -0.1) is 20.2 Å². The molecule has 0 radical (unpaired) electrons. The number of rotatable bonds is 2. The number of amides is 4. The first-order chi connectivity index (χ1) is 14.7. The van der Waals surface area contributed by atoms with Gasteiger partial charge in [0.25, 0.3) is 0 Å². The fourth-order valence-electron chi connectivity index (χ4n) is 3.43. The van der Waals surface area contributed by atoms with Crippen LogP contribution in [0.4, 0.5) is 4.58 Å². The van der Waals surface area contributed by atoms with Crippen LogP contribution >= 0.6 is 0 Å². The molecule has 0 spiro atoms. The zero-order valence-corrected chi connectivity index (χ0v) is 17.2. The number of benzene rings is 1. The zero-order chi connectivity index (χ0) is 22.4. The molecule has 0 unspecified atom stereocenters. The Morgan fingerprint density at radius 1 is 0.839 bits per heavy atom. The number of fused-ring (bicyclic) bond motifs is 1. The van der Waals surface area contributed by atoms with Crippen molar-refractivity contribution in [1.29, 1.82) is 0 Å². The standard InChI is InChI=1S/C19H20N3O4.ClHO4/c23-17-15-11-5-6-12-16(15)18(24)22(17)26-25-19(20-13-7-1-2-8-13)21-14-9-3-4-10-14;2-1(3,4)5/h5-6,11-12H,1-4,7-10H2;(H,2,3,4,5)/q+1;/p-1. The molecule has 1 aliphatic heterocycles. The highest BCUT2D eigenvalue weighted by Crippen LogP contribution is 2.24. The van der Waals surface area contributed by atoms with Crippen molar-refractivity contribution in [2.75, 3.05) is 0 Å². The topological polar surface area (TPSA) is 175 Å². The first kappa shape index (κ1) is 23.0. The summed E-state index contributed by atoms with van der Waals surface area (Å²) in [5, 5.41) is 0.619. The highest BCUT2D eigenvalue weighted by Gasteiger charge is 2.41. The summed E-state index contributed by atoms with van der Waals surface area (Å²) in [6.07, 6.45) is 8.03. The second kappa shape index (κ2) is 10.1. The van der Waals surface area contributed by atoms with E-state index in [0.29, 0.717) is 16.2 Å². The lowest BCUT2D eigenvalue weighted by Gasteiger charge is -2.17. The van der Waals surface area contributed by atoms with Crippen molar-refractivity contribution in [2.24, 2.45) is 9.98 Å². The van der Waals surface area contributed by atoms with Crippen molar-refractivity contribution >= 4 is 29.3 Å². The summed E-state index contributed by atoms with van der Waals surface area (Å²) >= 11 is 0. The lowest BCUT2D eigenvalue weighted by molar-refractivity contribution is -2.00. The van der Waals surface area contributed by atoms with Crippen molar-refractivity contribution in [3.8, 4) is 0 Å². The molecule has 1 heterocycles. The number of hydrogen-bond donors (Lipinski definition) is 0. The Bertz CT molecular complexity index is 853. The van der Waals surface area contributed by atoms with Crippen molar-refractivity contribution in [3.05, 3.63) is 35.4 Å². The van der Waals surface area contributed by atoms with E-state index in [9.17, 15) is 9.59 Å². The van der Waals surface area contributed by atoms with E-state index in [1.807, 2.05) is 0 Å². The number of halogens is 1. The van der Waals surface area contributed by atoms with Crippen LogP contribution in [0.2, 0.25) is 0 Å². The molecule has 1 aromatic rings. The molecule has 4 rings (SSSR count). The van der Waals surface area contributed by atoms with Crippen LogP contribution in [0, 0.1) is 10.2 Å². The van der Waals surface area contributed by atoms with E-state index in [2.05, 4.69) is 9.98 Å². The van der Waals surface area contributed by atoms with Gasteiger partial charge in [-0.2, -0.15) is 0 Å². The SMILES string of the molecule is O=C1c2ccccc2C(=O)N1O[O+]=C(N=C1CCCC1)N=C1CCCC1.[O-][Cl+3]([O-])([O-])[O-]. The Kier molecular flexibility index (Phi) is 7.46. The minimum absolute atomic E-state index is 0.0651. The predicted octanol–water partition coefficient (Wildman–Crippen LogP) is -0.941. The molecule has 31 heavy (non-hydrogen) atoms. The third-order valence-electron chi connectivity index (χ3n) is 4.81. The largest absolute Gasteiger partial charge is 0.640 e. The smallest absolute Gasteiger partial charge is 0.265 e. The number of imide groups is 1. The van der Waals surface area contributed by atoms with Crippen LogP contribution < -0.4 is 18.6 Å². The van der Waals surface area contributed by atoms with E-state index in [1.165, 1.54) is 0 Å². The number of hydrogen-bond acceptors (Lipinski definition) is 7. The molecule has 3 aliphatic rings. The normalized spacial score (nSPS) is 17.9. The van der Waals surface area contributed by atoms with Gasteiger partial charge in [0.05, 0.1) is 11.1 Å². The van der Waals surface area contributed by atoms with Gasteiger partial charge < -0.3 is 0 Å². The molecule has 2 saturated carbocycles. The summed E-state index contributed by atoms with van der Waals surface area (Å²) in [7, 11) is -4.94. The Labute approximate surface area is 179 Å². The van der Waals surface area contributed by atoms with Crippen molar-refractivity contribution in [2.45, 2.75) is 51.4 Å². The molecule has 11 nitrogen and oxygen atoms in total. The van der Waals surface area contributed by atoms with Crippen LogP contribution in [0.3, 0.4) is 0 Å². The molecule has 0 saturated heterocycles. The highest BCUT2D eigenvalue weighted by atomic mass is 35.7. The van der Waals surface area contributed by atoms with Gasteiger partial charge in [0, 0.05) is 16.4 Å². The summed E-state index contributed by atoms with van der Waals surface area (Å²) in [6, 6.07) is 6.63. The van der Waals surface area contributed by atoms with Crippen molar-refractivity contribution < 1.29 is 48.0 Å². The maximum atomic E-state index is 12.3. The highest BCUT2D eigenvalue weighted by molar-refractivity contribution is 6.20. The van der Waals surface area contributed by atoms with Crippen LogP contribution in [0.25, 0.3) is 0 Å². The van der Waals surface area contributed by atoms with Gasteiger partial charge in [-0.1, -0.05) is 12.1 Å². The summed E-state index contributed by atoms with van der Waals surface area (Å²) < 4.78 is 39.2. The Hall–Kier alpha value is -2.70. The van der Waals surface area contributed by atoms with Gasteiger partial charge in [0.15, 0.2) is 0 Å². The number of urea groups is 1. The number of carbonyl (C=O) groups excluding carboxylic acids is 3. The second-order valence-corrected chi connectivity index (χ2v) is 7.79. The molecular formula is C19H20ClN3O8. The Morgan fingerprint density at radius 2 is 1.23 bits per heavy atom. The Balaban J connectivity index is 0.000000491. The third-order valence-corrected chi connectivity index (χ3v) is 4.81. The van der Waals surface area contributed by atoms with Crippen molar-refractivity contribution in [1.82, 2.24) is 5.06 Å². The van der Waals surface area contributed by atoms with Crippen molar-refractivity contribution in [3.63, 3.8) is 0 Å². The molecule has 166 valence electrons. The van der Waals surface area contributed by atoms with Crippen LogP contribution in [-0.4, -0.2) is 34.3 Å². The Morgan fingerprint density at radius 3 is 1.61 bits per heavy atom. The molecule has 2 fully saturated rings. The maximum absolute atomic E-state index is 12.3. The fraction of sp³-hybridized carbons (Fsp3) is 0.421. The average Bonchev–Trinajstić information content (AvgIpc) is 3.44. The number of hydroxylamine groups is 2. The van der Waals surface area contributed by atoms with E-state index >= 15 is 0 Å². The number of aliphatic imine (C=N–C) groups is 2. The lowest BCUT2D eigenvalue weighted by atomic mass is 10.1. The first-order valence-electron chi connectivity index (χ1n) is 9.66. The minimum atomic E-state index is -4.94. The van der Waals surface area contributed by atoms with E-state index in [4.69, 9.17) is 28.2 Å².